The van der Waals surface area contributed by atoms with Crippen molar-refractivity contribution in [1.29, 1.82) is 10.5 Å². The quantitative estimate of drug-likeness (QED) is 0.811. The lowest BCUT2D eigenvalue weighted by Gasteiger charge is -2.04. The molecule has 0 spiro atoms. The fourth-order valence-electron chi connectivity index (χ4n) is 1.12. The third kappa shape index (κ3) is 2.98. The van der Waals surface area contributed by atoms with E-state index < -0.39 is 0 Å². The van der Waals surface area contributed by atoms with E-state index in [0.29, 0.717) is 5.69 Å². The number of benzene rings is 1. The van der Waals surface area contributed by atoms with Crippen molar-refractivity contribution in [3.63, 3.8) is 0 Å². The summed E-state index contributed by atoms with van der Waals surface area (Å²) in [5, 5.41) is 20.1. The van der Waals surface area contributed by atoms with E-state index in [1.807, 2.05) is 12.1 Å². The van der Waals surface area contributed by atoms with Crippen molar-refractivity contribution in [2.24, 2.45) is 0 Å². The van der Waals surface area contributed by atoms with Gasteiger partial charge < -0.3 is 5.32 Å². The minimum absolute atomic E-state index is 0.212. The minimum Gasteiger partial charge on any atom is -0.326 e. The molecule has 1 amide bonds. The summed E-state index contributed by atoms with van der Waals surface area (Å²) in [5.74, 6) is 0.0244. The molecular formula is C11H8ClN3O. The molecule has 4 nitrogen and oxygen atoms in total. The fraction of sp³-hybridized carbons (Fsp3) is 0.182. The first kappa shape index (κ1) is 12.0. The highest BCUT2D eigenvalue weighted by molar-refractivity contribution is 6.19. The highest BCUT2D eigenvalue weighted by atomic mass is 35.5. The van der Waals surface area contributed by atoms with Crippen LogP contribution in [0.3, 0.4) is 0 Å². The zero-order valence-electron chi connectivity index (χ0n) is 8.33. The summed E-state index contributed by atoms with van der Waals surface area (Å²) in [4.78, 5) is 11.2. The zero-order chi connectivity index (χ0) is 12.0. The topological polar surface area (TPSA) is 76.7 Å². The van der Waals surface area contributed by atoms with E-state index in [1.165, 1.54) is 12.1 Å². The molecular weight excluding hydrogens is 226 g/mol. The summed E-state index contributed by atoms with van der Waals surface area (Å²) in [6.45, 7) is 0. The van der Waals surface area contributed by atoms with Crippen LogP contribution in [-0.2, 0) is 4.79 Å². The van der Waals surface area contributed by atoms with Crippen LogP contribution in [-0.4, -0.2) is 11.8 Å². The van der Waals surface area contributed by atoms with Crippen molar-refractivity contribution >= 4 is 23.2 Å². The molecule has 1 N–H and O–H groups in total. The molecule has 0 bridgehead atoms. The Morgan fingerprint density at radius 1 is 1.31 bits per heavy atom. The van der Waals surface area contributed by atoms with Gasteiger partial charge >= 0.3 is 0 Å². The second-order valence-corrected chi connectivity index (χ2v) is 3.35. The van der Waals surface area contributed by atoms with Crippen molar-refractivity contribution in [3.05, 3.63) is 29.3 Å². The van der Waals surface area contributed by atoms with Gasteiger partial charge in [-0.05, 0) is 18.2 Å². The summed E-state index contributed by atoms with van der Waals surface area (Å²) in [5.41, 5.74) is 1.02. The first-order chi connectivity index (χ1) is 7.71. The zero-order valence-corrected chi connectivity index (χ0v) is 9.08. The number of carbonyl (C=O) groups excluding carboxylic acids is 1. The van der Waals surface area contributed by atoms with Gasteiger partial charge in [0, 0.05) is 18.0 Å². The number of carbonyl (C=O) groups is 1. The van der Waals surface area contributed by atoms with Crippen molar-refractivity contribution in [1.82, 2.24) is 0 Å². The molecule has 80 valence electrons. The molecule has 0 aliphatic heterocycles. The average molecular weight is 234 g/mol. The van der Waals surface area contributed by atoms with Crippen LogP contribution in [0.2, 0.25) is 0 Å². The third-order valence-corrected chi connectivity index (χ3v) is 2.05. The number of alkyl halides is 1. The van der Waals surface area contributed by atoms with E-state index in [9.17, 15) is 4.79 Å². The SMILES string of the molecule is N#Cc1ccc(NC(=O)CCCl)cc1C#N. The monoisotopic (exact) mass is 233 g/mol. The maximum atomic E-state index is 11.2. The van der Waals surface area contributed by atoms with E-state index in [4.69, 9.17) is 22.1 Å². The van der Waals surface area contributed by atoms with Gasteiger partial charge in [-0.15, -0.1) is 11.6 Å². The van der Waals surface area contributed by atoms with E-state index in [-0.39, 0.29) is 29.3 Å². The number of rotatable bonds is 3. The Bertz CT molecular complexity index is 485. The molecule has 0 heterocycles. The lowest BCUT2D eigenvalue weighted by atomic mass is 10.1. The van der Waals surface area contributed by atoms with E-state index in [1.54, 1.807) is 6.07 Å². The van der Waals surface area contributed by atoms with Crippen molar-refractivity contribution in [3.8, 4) is 12.1 Å². The Hall–Kier alpha value is -2.04. The van der Waals surface area contributed by atoms with Crippen LogP contribution < -0.4 is 5.32 Å². The van der Waals surface area contributed by atoms with E-state index >= 15 is 0 Å². The van der Waals surface area contributed by atoms with E-state index in [0.717, 1.165) is 0 Å². The van der Waals surface area contributed by atoms with Crippen LogP contribution in [0.15, 0.2) is 18.2 Å². The van der Waals surface area contributed by atoms with E-state index in [2.05, 4.69) is 5.32 Å². The molecule has 1 aromatic rings. The largest absolute Gasteiger partial charge is 0.326 e. The molecule has 16 heavy (non-hydrogen) atoms. The molecule has 0 radical (unpaired) electrons. The number of anilines is 1. The average Bonchev–Trinajstić information content (AvgIpc) is 2.29. The maximum absolute atomic E-state index is 11.2. The van der Waals surface area contributed by atoms with Gasteiger partial charge in [0.05, 0.1) is 11.1 Å². The third-order valence-electron chi connectivity index (χ3n) is 1.87. The van der Waals surface area contributed by atoms with Gasteiger partial charge in [0.15, 0.2) is 0 Å². The Morgan fingerprint density at radius 3 is 2.56 bits per heavy atom. The predicted octanol–water partition coefficient (Wildman–Crippen LogP) is 2.00. The van der Waals surface area contributed by atoms with Gasteiger partial charge in [-0.3, -0.25) is 4.79 Å². The number of amides is 1. The van der Waals surface area contributed by atoms with Crippen LogP contribution in [0.5, 0.6) is 0 Å². The minimum atomic E-state index is -0.219. The number of hydrogen-bond acceptors (Lipinski definition) is 3. The van der Waals surface area contributed by atoms with Crippen LogP contribution in [0, 0.1) is 22.7 Å². The van der Waals surface area contributed by atoms with Gasteiger partial charge in [-0.2, -0.15) is 10.5 Å². The molecule has 0 fully saturated rings. The van der Waals surface area contributed by atoms with Crippen molar-refractivity contribution in [2.75, 3.05) is 11.2 Å². The number of nitriles is 2. The molecule has 0 atom stereocenters. The van der Waals surface area contributed by atoms with Crippen LogP contribution in [0.25, 0.3) is 0 Å². The lowest BCUT2D eigenvalue weighted by Crippen LogP contribution is -2.11. The lowest BCUT2D eigenvalue weighted by molar-refractivity contribution is -0.115. The van der Waals surface area contributed by atoms with Crippen LogP contribution in [0.4, 0.5) is 5.69 Å². The molecule has 0 saturated carbocycles. The maximum Gasteiger partial charge on any atom is 0.225 e. The van der Waals surface area contributed by atoms with Crippen molar-refractivity contribution < 1.29 is 4.79 Å². The number of hydrogen-bond donors (Lipinski definition) is 1. The summed E-state index contributed by atoms with van der Waals surface area (Å²) in [6, 6.07) is 8.32. The first-order valence-corrected chi connectivity index (χ1v) is 5.04. The van der Waals surface area contributed by atoms with Gasteiger partial charge in [-0.25, -0.2) is 0 Å². The molecule has 0 unspecified atom stereocenters. The first-order valence-electron chi connectivity index (χ1n) is 4.51. The summed E-state index contributed by atoms with van der Waals surface area (Å²) in [7, 11) is 0. The predicted molar refractivity (Wildman–Crippen MR) is 59.8 cm³/mol. The number of nitrogens with zero attached hydrogens (tertiary/aromatic N) is 2. The molecule has 1 rings (SSSR count). The van der Waals surface area contributed by atoms with Crippen molar-refractivity contribution in [2.45, 2.75) is 6.42 Å². The Morgan fingerprint density at radius 2 is 2.00 bits per heavy atom. The van der Waals surface area contributed by atoms with Gasteiger partial charge in [0.1, 0.15) is 12.1 Å². The van der Waals surface area contributed by atoms with Gasteiger partial charge in [0.25, 0.3) is 0 Å². The Kier molecular flexibility index (Phi) is 4.32. The highest BCUT2D eigenvalue weighted by Crippen LogP contribution is 2.14. The second kappa shape index (κ2) is 5.75. The Labute approximate surface area is 98.1 Å². The van der Waals surface area contributed by atoms with Gasteiger partial charge in [0.2, 0.25) is 5.91 Å². The smallest absolute Gasteiger partial charge is 0.225 e. The molecule has 0 saturated heterocycles. The van der Waals surface area contributed by atoms with Crippen LogP contribution in [0.1, 0.15) is 17.5 Å². The van der Waals surface area contributed by atoms with Crippen LogP contribution >= 0.6 is 11.6 Å². The molecule has 5 heteroatoms. The summed E-state index contributed by atoms with van der Waals surface area (Å²) in [6.07, 6.45) is 0.212. The molecule has 0 aliphatic rings. The number of nitrogens with one attached hydrogen (secondary N) is 1. The number of halogens is 1. The Balaban J connectivity index is 2.89. The summed E-state index contributed by atoms with van der Waals surface area (Å²) >= 11 is 5.41. The standard InChI is InChI=1S/C11H8ClN3O/c12-4-3-11(16)15-10-2-1-8(6-13)9(5-10)7-14/h1-2,5H,3-4H2,(H,15,16). The summed E-state index contributed by atoms with van der Waals surface area (Å²) < 4.78 is 0. The molecule has 1 aromatic carbocycles. The normalized spacial score (nSPS) is 8.94. The highest BCUT2D eigenvalue weighted by Gasteiger charge is 2.05. The van der Waals surface area contributed by atoms with Gasteiger partial charge in [-0.1, -0.05) is 0 Å². The second-order valence-electron chi connectivity index (χ2n) is 2.97. The molecule has 0 aromatic heterocycles. The fourth-order valence-corrected chi connectivity index (χ4v) is 1.29. The molecule has 0 aliphatic carbocycles.